The summed E-state index contributed by atoms with van der Waals surface area (Å²) in [5.74, 6) is 0.00459. The summed E-state index contributed by atoms with van der Waals surface area (Å²) < 4.78 is 1.16. The third-order valence-corrected chi connectivity index (χ3v) is 3.84. The number of aryl methyl sites for hydroxylation is 1. The maximum absolute atomic E-state index is 11.7. The second-order valence-corrected chi connectivity index (χ2v) is 5.36. The van der Waals surface area contributed by atoms with Crippen LogP contribution >= 0.6 is 22.6 Å². The van der Waals surface area contributed by atoms with Crippen LogP contribution in [0.4, 0.5) is 5.69 Å². The van der Waals surface area contributed by atoms with Crippen LogP contribution in [0.2, 0.25) is 0 Å². The number of carbonyl (C=O) groups is 1. The highest BCUT2D eigenvalue weighted by molar-refractivity contribution is 14.1. The molecule has 0 aliphatic carbocycles. The van der Waals surface area contributed by atoms with Gasteiger partial charge in [-0.15, -0.1) is 0 Å². The quantitative estimate of drug-likeness (QED) is 0.805. The summed E-state index contributed by atoms with van der Waals surface area (Å²) in [6.45, 7) is 6.58. The van der Waals surface area contributed by atoms with E-state index in [0.717, 1.165) is 15.7 Å². The molecule has 0 aliphatic rings. The largest absolute Gasteiger partial charge is 0.325 e. The van der Waals surface area contributed by atoms with Crippen molar-refractivity contribution in [2.75, 3.05) is 11.9 Å². The van der Waals surface area contributed by atoms with E-state index in [1.54, 1.807) is 0 Å². The van der Waals surface area contributed by atoms with Gasteiger partial charge in [0.1, 0.15) is 0 Å². The fourth-order valence-corrected chi connectivity index (χ4v) is 1.80. The molecule has 0 fully saturated rings. The predicted molar refractivity (Wildman–Crippen MR) is 80.3 cm³/mol. The van der Waals surface area contributed by atoms with Crippen molar-refractivity contribution < 1.29 is 4.79 Å². The van der Waals surface area contributed by atoms with Gasteiger partial charge in [-0.05, 0) is 60.6 Å². The van der Waals surface area contributed by atoms with Gasteiger partial charge < -0.3 is 10.6 Å². The molecule has 17 heavy (non-hydrogen) atoms. The SMILES string of the molecule is CCC(C)NCC(=O)Nc1ccc(C)c(I)c1. The highest BCUT2D eigenvalue weighted by atomic mass is 127. The number of anilines is 1. The summed E-state index contributed by atoms with van der Waals surface area (Å²) in [6.07, 6.45) is 1.02. The molecule has 0 bridgehead atoms. The summed E-state index contributed by atoms with van der Waals surface area (Å²) in [4.78, 5) is 11.7. The lowest BCUT2D eigenvalue weighted by Gasteiger charge is -2.11. The van der Waals surface area contributed by atoms with Crippen LogP contribution in [0.3, 0.4) is 0 Å². The average Bonchev–Trinajstić information content (AvgIpc) is 2.31. The molecule has 1 aromatic rings. The van der Waals surface area contributed by atoms with E-state index in [4.69, 9.17) is 0 Å². The van der Waals surface area contributed by atoms with Crippen molar-refractivity contribution in [1.82, 2.24) is 5.32 Å². The second-order valence-electron chi connectivity index (χ2n) is 4.20. The number of hydrogen-bond acceptors (Lipinski definition) is 2. The molecule has 0 saturated carbocycles. The van der Waals surface area contributed by atoms with Gasteiger partial charge in [-0.1, -0.05) is 13.0 Å². The lowest BCUT2D eigenvalue weighted by Crippen LogP contribution is -2.33. The Kier molecular flexibility index (Phi) is 5.91. The Bertz CT molecular complexity index is 393. The minimum atomic E-state index is 0.00459. The van der Waals surface area contributed by atoms with Crippen LogP contribution in [0.25, 0.3) is 0 Å². The molecule has 1 atom stereocenters. The summed E-state index contributed by atoms with van der Waals surface area (Å²) in [5.41, 5.74) is 2.08. The first-order valence-corrected chi connectivity index (χ1v) is 6.90. The summed E-state index contributed by atoms with van der Waals surface area (Å²) in [7, 11) is 0. The number of nitrogens with one attached hydrogen (secondary N) is 2. The molecular weight excluding hydrogens is 327 g/mol. The fourth-order valence-electron chi connectivity index (χ4n) is 1.29. The van der Waals surface area contributed by atoms with E-state index >= 15 is 0 Å². The molecule has 0 aromatic heterocycles. The molecule has 3 nitrogen and oxygen atoms in total. The van der Waals surface area contributed by atoms with Crippen molar-refractivity contribution in [1.29, 1.82) is 0 Å². The molecule has 0 saturated heterocycles. The van der Waals surface area contributed by atoms with E-state index in [-0.39, 0.29) is 5.91 Å². The van der Waals surface area contributed by atoms with Crippen molar-refractivity contribution in [3.63, 3.8) is 0 Å². The maximum Gasteiger partial charge on any atom is 0.238 e. The molecular formula is C13H19IN2O. The first-order chi connectivity index (χ1) is 8.02. The molecule has 4 heteroatoms. The van der Waals surface area contributed by atoms with E-state index in [2.05, 4.69) is 54.0 Å². The highest BCUT2D eigenvalue weighted by Crippen LogP contribution is 2.16. The van der Waals surface area contributed by atoms with Gasteiger partial charge in [0.25, 0.3) is 0 Å². The number of rotatable bonds is 5. The van der Waals surface area contributed by atoms with E-state index < -0.39 is 0 Å². The minimum absolute atomic E-state index is 0.00459. The van der Waals surface area contributed by atoms with Crippen LogP contribution in [-0.4, -0.2) is 18.5 Å². The molecule has 1 rings (SSSR count). The Hall–Kier alpha value is -0.620. The topological polar surface area (TPSA) is 41.1 Å². The van der Waals surface area contributed by atoms with E-state index in [1.807, 2.05) is 18.2 Å². The molecule has 0 spiro atoms. The van der Waals surface area contributed by atoms with Gasteiger partial charge in [0.2, 0.25) is 5.91 Å². The van der Waals surface area contributed by atoms with Crippen molar-refractivity contribution in [2.45, 2.75) is 33.2 Å². The third kappa shape index (κ3) is 5.04. The van der Waals surface area contributed by atoms with Gasteiger partial charge in [-0.25, -0.2) is 0 Å². The van der Waals surface area contributed by atoms with Crippen molar-refractivity contribution in [3.05, 3.63) is 27.3 Å². The minimum Gasteiger partial charge on any atom is -0.325 e. The molecule has 0 aliphatic heterocycles. The van der Waals surface area contributed by atoms with Crippen LogP contribution < -0.4 is 10.6 Å². The lowest BCUT2D eigenvalue weighted by atomic mass is 10.2. The van der Waals surface area contributed by atoms with Crippen LogP contribution in [0.15, 0.2) is 18.2 Å². The summed E-state index contributed by atoms with van der Waals surface area (Å²) >= 11 is 2.27. The molecule has 0 radical (unpaired) electrons. The van der Waals surface area contributed by atoms with Gasteiger partial charge in [-0.3, -0.25) is 4.79 Å². The van der Waals surface area contributed by atoms with Gasteiger partial charge in [-0.2, -0.15) is 0 Å². The first kappa shape index (κ1) is 14.4. The molecule has 1 amide bonds. The maximum atomic E-state index is 11.7. The van der Waals surface area contributed by atoms with Gasteiger partial charge in [0, 0.05) is 15.3 Å². The predicted octanol–water partition coefficient (Wildman–Crippen LogP) is 2.93. The number of amides is 1. The van der Waals surface area contributed by atoms with E-state index in [0.29, 0.717) is 12.6 Å². The Morgan fingerprint density at radius 3 is 2.76 bits per heavy atom. The number of carbonyl (C=O) groups excluding carboxylic acids is 1. The van der Waals surface area contributed by atoms with Gasteiger partial charge >= 0.3 is 0 Å². The first-order valence-electron chi connectivity index (χ1n) is 5.82. The molecule has 0 heterocycles. The standard InChI is InChI=1S/C13H19IN2O/c1-4-10(3)15-8-13(17)16-11-6-5-9(2)12(14)7-11/h5-7,10,15H,4,8H2,1-3H3,(H,16,17). The van der Waals surface area contributed by atoms with Gasteiger partial charge in [0.15, 0.2) is 0 Å². The summed E-state index contributed by atoms with van der Waals surface area (Å²) in [6, 6.07) is 6.30. The fraction of sp³-hybridized carbons (Fsp3) is 0.462. The molecule has 1 aromatic carbocycles. The highest BCUT2D eigenvalue weighted by Gasteiger charge is 2.05. The zero-order valence-corrected chi connectivity index (χ0v) is 12.7. The lowest BCUT2D eigenvalue weighted by molar-refractivity contribution is -0.115. The van der Waals surface area contributed by atoms with Crippen LogP contribution in [0.5, 0.6) is 0 Å². The summed E-state index contributed by atoms with van der Waals surface area (Å²) in [5, 5.41) is 6.05. The molecule has 2 N–H and O–H groups in total. The number of benzene rings is 1. The van der Waals surface area contributed by atoms with Gasteiger partial charge in [0.05, 0.1) is 6.54 Å². The smallest absolute Gasteiger partial charge is 0.238 e. The van der Waals surface area contributed by atoms with Crippen molar-refractivity contribution >= 4 is 34.2 Å². The normalized spacial score (nSPS) is 12.2. The number of hydrogen-bond donors (Lipinski definition) is 2. The average molecular weight is 346 g/mol. The molecule has 94 valence electrons. The van der Waals surface area contributed by atoms with Crippen molar-refractivity contribution in [2.24, 2.45) is 0 Å². The van der Waals surface area contributed by atoms with E-state index in [9.17, 15) is 4.79 Å². The Morgan fingerprint density at radius 2 is 2.18 bits per heavy atom. The Balaban J connectivity index is 2.48. The monoisotopic (exact) mass is 346 g/mol. The zero-order valence-electron chi connectivity index (χ0n) is 10.5. The van der Waals surface area contributed by atoms with Crippen LogP contribution in [-0.2, 0) is 4.79 Å². The Labute approximate surface area is 117 Å². The van der Waals surface area contributed by atoms with Crippen molar-refractivity contribution in [3.8, 4) is 0 Å². The van der Waals surface area contributed by atoms with Crippen LogP contribution in [0.1, 0.15) is 25.8 Å². The molecule has 1 unspecified atom stereocenters. The second kappa shape index (κ2) is 6.96. The number of halogens is 1. The Morgan fingerprint density at radius 1 is 1.47 bits per heavy atom. The zero-order chi connectivity index (χ0) is 12.8. The third-order valence-electron chi connectivity index (χ3n) is 2.68. The van der Waals surface area contributed by atoms with Crippen LogP contribution in [0, 0.1) is 10.5 Å². The van der Waals surface area contributed by atoms with E-state index in [1.165, 1.54) is 5.56 Å².